The van der Waals surface area contributed by atoms with Crippen molar-refractivity contribution in [2.24, 2.45) is 0 Å². The average molecular weight is 903 g/mol. The van der Waals surface area contributed by atoms with Crippen LogP contribution in [0, 0.1) is 0 Å². The quantitative estimate of drug-likeness (QED) is 0.138. The van der Waals surface area contributed by atoms with Gasteiger partial charge < -0.3 is 9.47 Å². The summed E-state index contributed by atoms with van der Waals surface area (Å²) in [4.78, 5) is 2.46. The van der Waals surface area contributed by atoms with Crippen molar-refractivity contribution in [3.05, 3.63) is 301 Å². The molecule has 0 spiro atoms. The first-order chi connectivity index (χ1) is 35.2. The Labute approximate surface area is 413 Å². The van der Waals surface area contributed by atoms with Crippen LogP contribution in [0.15, 0.2) is 279 Å². The summed E-state index contributed by atoms with van der Waals surface area (Å²) < 4.78 is 2.43. The first kappa shape index (κ1) is 40.8. The highest BCUT2D eigenvalue weighted by molar-refractivity contribution is 6.14. The SMILES string of the molecule is c1ccc(-n2c3ccccc3c3cccc(-c4cccc(N(c5ccc(-c6cccc7c6ccc6ccccc67)cc5)c5ccc6c(c5)C(c5ccccc5)(c5ccccc5)c5ccccc5-6)c4)c32)cc1. The van der Waals surface area contributed by atoms with E-state index in [2.05, 4.69) is 289 Å². The Morgan fingerprint density at radius 1 is 0.296 bits per heavy atom. The second kappa shape index (κ2) is 16.5. The molecule has 0 fully saturated rings. The van der Waals surface area contributed by atoms with E-state index in [1.54, 1.807) is 0 Å². The molecule has 2 nitrogen and oxygen atoms in total. The molecule has 1 aliphatic rings. The predicted molar refractivity (Wildman–Crippen MR) is 299 cm³/mol. The molecule has 0 N–H and O–H groups in total. The number of aromatic nitrogens is 1. The van der Waals surface area contributed by atoms with Crippen LogP contribution in [-0.4, -0.2) is 4.57 Å². The standard InChI is InChI=1S/C69H46N2/c1-4-21-50(22-5-1)69(51-23-6-2-7-24-51)65-35-14-12-29-61(65)62-44-42-55(46-66(62)69)70(53-40-37-48(38-41-53)57-31-17-33-59-56-28-11-10-19-47(56)39-43-60(57)59)54-27-16-20-49(45-54)58-32-18-34-64-63-30-13-15-36-67(63)71(68(58)64)52-25-8-3-9-26-52/h1-46H. The molecule has 14 rings (SSSR count). The zero-order valence-corrected chi connectivity index (χ0v) is 39.0. The lowest BCUT2D eigenvalue weighted by Gasteiger charge is -2.35. The van der Waals surface area contributed by atoms with Gasteiger partial charge in [0.15, 0.2) is 0 Å². The van der Waals surface area contributed by atoms with Crippen molar-refractivity contribution >= 4 is 60.4 Å². The van der Waals surface area contributed by atoms with Crippen molar-refractivity contribution in [1.29, 1.82) is 0 Å². The first-order valence-corrected chi connectivity index (χ1v) is 24.6. The topological polar surface area (TPSA) is 8.17 Å². The highest BCUT2D eigenvalue weighted by atomic mass is 15.1. The van der Waals surface area contributed by atoms with Gasteiger partial charge in [-0.05, 0) is 126 Å². The molecule has 0 atom stereocenters. The van der Waals surface area contributed by atoms with E-state index in [1.165, 1.54) is 93.4 Å². The van der Waals surface area contributed by atoms with Crippen LogP contribution in [0.4, 0.5) is 17.1 Å². The molecule has 12 aromatic carbocycles. The molecule has 0 amide bonds. The maximum atomic E-state index is 2.47. The summed E-state index contributed by atoms with van der Waals surface area (Å²) in [6.07, 6.45) is 0. The van der Waals surface area contributed by atoms with Crippen molar-refractivity contribution in [2.45, 2.75) is 5.41 Å². The minimum atomic E-state index is -0.541. The molecular formula is C69H46N2. The molecule has 0 aliphatic heterocycles. The lowest BCUT2D eigenvalue weighted by Crippen LogP contribution is -2.28. The van der Waals surface area contributed by atoms with Gasteiger partial charge in [0.2, 0.25) is 0 Å². The Kier molecular flexibility index (Phi) is 9.47. The van der Waals surface area contributed by atoms with E-state index in [0.717, 1.165) is 28.3 Å². The summed E-state index contributed by atoms with van der Waals surface area (Å²) >= 11 is 0. The van der Waals surface area contributed by atoms with Crippen molar-refractivity contribution in [3.63, 3.8) is 0 Å². The molecule has 0 bridgehead atoms. The Morgan fingerprint density at radius 2 is 0.873 bits per heavy atom. The van der Waals surface area contributed by atoms with E-state index in [-0.39, 0.29) is 0 Å². The Hall–Kier alpha value is -9.24. The number of fused-ring (bicyclic) bond motifs is 9. The lowest BCUT2D eigenvalue weighted by atomic mass is 9.67. The second-order valence-corrected chi connectivity index (χ2v) is 18.8. The summed E-state index contributed by atoms with van der Waals surface area (Å²) in [5.74, 6) is 0. The predicted octanol–water partition coefficient (Wildman–Crippen LogP) is 18.3. The maximum absolute atomic E-state index is 2.47. The van der Waals surface area contributed by atoms with E-state index in [0.29, 0.717) is 0 Å². The van der Waals surface area contributed by atoms with Crippen LogP contribution in [0.5, 0.6) is 0 Å². The van der Waals surface area contributed by atoms with Crippen LogP contribution in [-0.2, 0) is 5.41 Å². The number of anilines is 3. The van der Waals surface area contributed by atoms with Crippen molar-refractivity contribution < 1.29 is 0 Å². The number of hydrogen-bond donors (Lipinski definition) is 0. The van der Waals surface area contributed by atoms with Crippen LogP contribution in [0.1, 0.15) is 22.3 Å². The van der Waals surface area contributed by atoms with E-state index in [4.69, 9.17) is 0 Å². The van der Waals surface area contributed by atoms with Crippen LogP contribution >= 0.6 is 0 Å². The van der Waals surface area contributed by atoms with Gasteiger partial charge in [-0.2, -0.15) is 0 Å². The molecule has 0 saturated heterocycles. The normalized spacial score (nSPS) is 12.6. The van der Waals surface area contributed by atoms with Gasteiger partial charge in [-0.3, -0.25) is 0 Å². The molecule has 0 unspecified atom stereocenters. The molecular weight excluding hydrogens is 857 g/mol. The van der Waals surface area contributed by atoms with Crippen LogP contribution < -0.4 is 4.90 Å². The van der Waals surface area contributed by atoms with Crippen LogP contribution in [0.2, 0.25) is 0 Å². The highest BCUT2D eigenvalue weighted by Crippen LogP contribution is 2.57. The Bertz CT molecular complexity index is 4110. The van der Waals surface area contributed by atoms with Gasteiger partial charge >= 0.3 is 0 Å². The zero-order valence-electron chi connectivity index (χ0n) is 39.0. The third-order valence-electron chi connectivity index (χ3n) is 15.0. The number of hydrogen-bond acceptors (Lipinski definition) is 1. The van der Waals surface area contributed by atoms with Gasteiger partial charge in [-0.25, -0.2) is 0 Å². The van der Waals surface area contributed by atoms with Gasteiger partial charge in [0.05, 0.1) is 16.4 Å². The molecule has 13 aromatic rings. The number of rotatable bonds is 8. The first-order valence-electron chi connectivity index (χ1n) is 24.6. The second-order valence-electron chi connectivity index (χ2n) is 18.8. The van der Waals surface area contributed by atoms with E-state index in [9.17, 15) is 0 Å². The molecule has 2 heteroatoms. The summed E-state index contributed by atoms with van der Waals surface area (Å²) in [5.41, 5.74) is 18.5. The molecule has 1 aliphatic carbocycles. The summed E-state index contributed by atoms with van der Waals surface area (Å²) in [7, 11) is 0. The van der Waals surface area contributed by atoms with Gasteiger partial charge in [-0.1, -0.05) is 224 Å². The van der Waals surface area contributed by atoms with E-state index in [1.807, 2.05) is 0 Å². The lowest BCUT2D eigenvalue weighted by molar-refractivity contribution is 0.768. The number of para-hydroxylation sites is 3. The smallest absolute Gasteiger partial charge is 0.0714 e. The highest BCUT2D eigenvalue weighted by Gasteiger charge is 2.46. The fourth-order valence-corrected chi connectivity index (χ4v) is 12.0. The van der Waals surface area contributed by atoms with Gasteiger partial charge in [0.1, 0.15) is 0 Å². The van der Waals surface area contributed by atoms with Gasteiger partial charge in [-0.15, -0.1) is 0 Å². The molecule has 71 heavy (non-hydrogen) atoms. The largest absolute Gasteiger partial charge is 0.310 e. The minimum Gasteiger partial charge on any atom is -0.310 e. The number of benzene rings is 12. The fourth-order valence-electron chi connectivity index (χ4n) is 12.0. The van der Waals surface area contributed by atoms with Crippen LogP contribution in [0.25, 0.3) is 82.4 Å². The third kappa shape index (κ3) is 6.35. The summed E-state index contributed by atoms with van der Waals surface area (Å²) in [5, 5.41) is 7.52. The van der Waals surface area contributed by atoms with E-state index >= 15 is 0 Å². The van der Waals surface area contributed by atoms with Gasteiger partial charge in [0, 0.05) is 39.1 Å². The minimum absolute atomic E-state index is 0.541. The van der Waals surface area contributed by atoms with Crippen molar-refractivity contribution in [3.8, 4) is 39.1 Å². The molecule has 332 valence electrons. The fraction of sp³-hybridized carbons (Fsp3) is 0.0145. The van der Waals surface area contributed by atoms with Crippen molar-refractivity contribution in [2.75, 3.05) is 4.90 Å². The molecule has 1 heterocycles. The molecule has 0 saturated carbocycles. The van der Waals surface area contributed by atoms with Crippen molar-refractivity contribution in [1.82, 2.24) is 4.57 Å². The van der Waals surface area contributed by atoms with Crippen LogP contribution in [0.3, 0.4) is 0 Å². The number of nitrogens with zero attached hydrogens (tertiary/aromatic N) is 2. The van der Waals surface area contributed by atoms with Gasteiger partial charge in [0.25, 0.3) is 0 Å². The average Bonchev–Trinajstić information content (AvgIpc) is 3.95. The Balaban J connectivity index is 0.990. The molecule has 0 radical (unpaired) electrons. The summed E-state index contributed by atoms with van der Waals surface area (Å²) in [6, 6.07) is 103. The van der Waals surface area contributed by atoms with E-state index < -0.39 is 5.41 Å². The summed E-state index contributed by atoms with van der Waals surface area (Å²) in [6.45, 7) is 0. The zero-order chi connectivity index (χ0) is 46.9. The monoisotopic (exact) mass is 902 g/mol. The maximum Gasteiger partial charge on any atom is 0.0714 e. The molecule has 1 aromatic heterocycles. The third-order valence-corrected chi connectivity index (χ3v) is 15.0. The Morgan fingerprint density at radius 3 is 1.66 bits per heavy atom.